The van der Waals surface area contributed by atoms with Crippen molar-refractivity contribution < 1.29 is 9.32 Å². The van der Waals surface area contributed by atoms with Crippen LogP contribution in [0.3, 0.4) is 0 Å². The smallest absolute Gasteiger partial charge is 0.263 e. The van der Waals surface area contributed by atoms with Gasteiger partial charge in [-0.2, -0.15) is 4.98 Å². The van der Waals surface area contributed by atoms with E-state index in [2.05, 4.69) is 31.4 Å². The standard InChI is InChI=1S/C23H19BrN4O3/c1-14-5-10-18(12-15(14)2)25-20(29)13-28-11-3-4-19(23(28)30)22-26-21(27-31-22)16-6-8-17(24)9-7-16/h3-12H,13H2,1-2H3,(H,25,29). The van der Waals surface area contributed by atoms with Crippen molar-refractivity contribution in [3.8, 4) is 22.8 Å². The molecule has 0 fully saturated rings. The van der Waals surface area contributed by atoms with Gasteiger partial charge in [-0.3, -0.25) is 9.59 Å². The third kappa shape index (κ3) is 4.64. The number of benzene rings is 2. The Hall–Kier alpha value is -3.52. The van der Waals surface area contributed by atoms with Crippen molar-refractivity contribution >= 4 is 27.5 Å². The lowest BCUT2D eigenvalue weighted by atomic mass is 10.1. The minimum absolute atomic E-state index is 0.104. The third-order valence-electron chi connectivity index (χ3n) is 4.88. The van der Waals surface area contributed by atoms with Crippen molar-refractivity contribution in [3.05, 3.63) is 86.7 Å². The molecule has 0 aliphatic carbocycles. The third-order valence-corrected chi connectivity index (χ3v) is 5.41. The first kappa shape index (κ1) is 20.7. The summed E-state index contributed by atoms with van der Waals surface area (Å²) >= 11 is 3.38. The van der Waals surface area contributed by atoms with Crippen molar-refractivity contribution in [2.24, 2.45) is 0 Å². The lowest BCUT2D eigenvalue weighted by Crippen LogP contribution is -2.28. The van der Waals surface area contributed by atoms with Gasteiger partial charge in [0.25, 0.3) is 11.4 Å². The summed E-state index contributed by atoms with van der Waals surface area (Å²) in [5.41, 5.74) is 3.52. The van der Waals surface area contributed by atoms with E-state index in [0.29, 0.717) is 11.5 Å². The number of amides is 1. The highest BCUT2D eigenvalue weighted by molar-refractivity contribution is 9.10. The maximum absolute atomic E-state index is 12.9. The van der Waals surface area contributed by atoms with Gasteiger partial charge in [-0.25, -0.2) is 0 Å². The highest BCUT2D eigenvalue weighted by atomic mass is 79.9. The number of carbonyl (C=O) groups excluding carboxylic acids is 1. The Morgan fingerprint density at radius 3 is 2.61 bits per heavy atom. The largest absolute Gasteiger partial charge is 0.333 e. The Morgan fingerprint density at radius 2 is 1.87 bits per heavy atom. The zero-order valence-corrected chi connectivity index (χ0v) is 18.5. The second kappa shape index (κ2) is 8.69. The first-order chi connectivity index (χ1) is 14.9. The average molecular weight is 479 g/mol. The Kier molecular flexibility index (Phi) is 5.81. The Bertz CT molecular complexity index is 1310. The molecular formula is C23H19BrN4O3. The number of anilines is 1. The molecule has 4 aromatic rings. The van der Waals surface area contributed by atoms with Crippen LogP contribution in [0, 0.1) is 13.8 Å². The predicted octanol–water partition coefficient (Wildman–Crippen LogP) is 4.58. The number of halogens is 1. The number of hydrogen-bond donors (Lipinski definition) is 1. The molecule has 0 atom stereocenters. The van der Waals surface area contributed by atoms with Crippen LogP contribution in [0.5, 0.6) is 0 Å². The van der Waals surface area contributed by atoms with Crippen LogP contribution in [0.25, 0.3) is 22.8 Å². The fourth-order valence-electron chi connectivity index (χ4n) is 3.05. The molecule has 2 heterocycles. The van der Waals surface area contributed by atoms with Gasteiger partial charge in [-0.1, -0.05) is 27.2 Å². The summed E-state index contributed by atoms with van der Waals surface area (Å²) in [6.45, 7) is 3.85. The summed E-state index contributed by atoms with van der Waals surface area (Å²) in [4.78, 5) is 29.7. The lowest BCUT2D eigenvalue weighted by Gasteiger charge is -2.09. The highest BCUT2D eigenvalue weighted by Crippen LogP contribution is 2.22. The van der Waals surface area contributed by atoms with Crippen molar-refractivity contribution in [2.75, 3.05) is 5.32 Å². The molecule has 0 unspecified atom stereocenters. The molecule has 1 N–H and O–H groups in total. The number of pyridine rings is 1. The SMILES string of the molecule is Cc1ccc(NC(=O)Cn2cccc(-c3nc(-c4ccc(Br)cc4)no3)c2=O)cc1C. The summed E-state index contributed by atoms with van der Waals surface area (Å²) in [7, 11) is 0. The van der Waals surface area contributed by atoms with Crippen molar-refractivity contribution in [3.63, 3.8) is 0 Å². The Balaban J connectivity index is 1.54. The predicted molar refractivity (Wildman–Crippen MR) is 122 cm³/mol. The van der Waals surface area contributed by atoms with Crippen LogP contribution in [0.1, 0.15) is 11.1 Å². The number of aromatic nitrogens is 3. The van der Waals surface area contributed by atoms with E-state index in [1.807, 2.05) is 56.3 Å². The number of nitrogens with zero attached hydrogens (tertiary/aromatic N) is 3. The molecular weight excluding hydrogens is 460 g/mol. The van der Waals surface area contributed by atoms with Gasteiger partial charge in [-0.15, -0.1) is 0 Å². The van der Waals surface area contributed by atoms with Gasteiger partial charge in [-0.05, 0) is 73.5 Å². The summed E-state index contributed by atoms with van der Waals surface area (Å²) in [6.07, 6.45) is 1.55. The van der Waals surface area contributed by atoms with E-state index in [-0.39, 0.29) is 29.5 Å². The van der Waals surface area contributed by atoms with Crippen molar-refractivity contribution in [1.29, 1.82) is 0 Å². The fourth-order valence-corrected chi connectivity index (χ4v) is 3.31. The zero-order valence-electron chi connectivity index (χ0n) is 16.9. The first-order valence-corrected chi connectivity index (χ1v) is 10.4. The number of rotatable bonds is 5. The van der Waals surface area contributed by atoms with E-state index < -0.39 is 0 Å². The van der Waals surface area contributed by atoms with Crippen LogP contribution in [0.15, 0.2) is 74.6 Å². The number of carbonyl (C=O) groups is 1. The Labute approximate surface area is 186 Å². The highest BCUT2D eigenvalue weighted by Gasteiger charge is 2.16. The molecule has 156 valence electrons. The molecule has 8 heteroatoms. The van der Waals surface area contributed by atoms with E-state index in [0.717, 1.165) is 21.2 Å². The number of aryl methyl sites for hydroxylation is 2. The van der Waals surface area contributed by atoms with Gasteiger partial charge in [0.05, 0.1) is 0 Å². The topological polar surface area (TPSA) is 90.0 Å². The zero-order chi connectivity index (χ0) is 22.0. The molecule has 0 bridgehead atoms. The van der Waals surface area contributed by atoms with Crippen LogP contribution < -0.4 is 10.9 Å². The van der Waals surface area contributed by atoms with Gasteiger partial charge >= 0.3 is 0 Å². The monoisotopic (exact) mass is 478 g/mol. The molecule has 0 spiro atoms. The van der Waals surface area contributed by atoms with Crippen LogP contribution in [-0.2, 0) is 11.3 Å². The maximum atomic E-state index is 12.9. The first-order valence-electron chi connectivity index (χ1n) is 9.57. The molecule has 0 aliphatic rings. The van der Waals surface area contributed by atoms with Gasteiger partial charge in [0, 0.05) is 21.9 Å². The van der Waals surface area contributed by atoms with Gasteiger partial charge in [0.2, 0.25) is 11.7 Å². The summed E-state index contributed by atoms with van der Waals surface area (Å²) in [6, 6.07) is 16.4. The second-order valence-electron chi connectivity index (χ2n) is 7.13. The van der Waals surface area contributed by atoms with Gasteiger partial charge < -0.3 is 14.4 Å². The summed E-state index contributed by atoms with van der Waals surface area (Å²) < 4.78 is 7.56. The lowest BCUT2D eigenvalue weighted by molar-refractivity contribution is -0.116. The van der Waals surface area contributed by atoms with Crippen LogP contribution in [0.4, 0.5) is 5.69 Å². The van der Waals surface area contributed by atoms with Gasteiger partial charge in [0.15, 0.2) is 0 Å². The van der Waals surface area contributed by atoms with Crippen LogP contribution >= 0.6 is 15.9 Å². The summed E-state index contributed by atoms with van der Waals surface area (Å²) in [5, 5.41) is 6.79. The average Bonchev–Trinajstić information content (AvgIpc) is 3.23. The summed E-state index contributed by atoms with van der Waals surface area (Å²) in [5.74, 6) is 0.181. The van der Waals surface area contributed by atoms with E-state index >= 15 is 0 Å². The van der Waals surface area contributed by atoms with E-state index in [1.54, 1.807) is 18.3 Å². The fraction of sp³-hybridized carbons (Fsp3) is 0.130. The molecule has 0 saturated carbocycles. The van der Waals surface area contributed by atoms with Crippen molar-refractivity contribution in [1.82, 2.24) is 14.7 Å². The maximum Gasteiger partial charge on any atom is 0.263 e. The molecule has 0 aliphatic heterocycles. The molecule has 0 saturated heterocycles. The molecule has 2 aromatic heterocycles. The Morgan fingerprint density at radius 1 is 1.10 bits per heavy atom. The van der Waals surface area contributed by atoms with E-state index in [4.69, 9.17) is 4.52 Å². The minimum atomic E-state index is -0.385. The molecule has 4 rings (SSSR count). The number of hydrogen-bond acceptors (Lipinski definition) is 5. The van der Waals surface area contributed by atoms with Crippen LogP contribution in [-0.4, -0.2) is 20.6 Å². The molecule has 1 amide bonds. The molecule has 2 aromatic carbocycles. The van der Waals surface area contributed by atoms with Crippen molar-refractivity contribution in [2.45, 2.75) is 20.4 Å². The molecule has 31 heavy (non-hydrogen) atoms. The van der Waals surface area contributed by atoms with Crippen LogP contribution in [0.2, 0.25) is 0 Å². The molecule has 0 radical (unpaired) electrons. The quantitative estimate of drug-likeness (QED) is 0.453. The second-order valence-corrected chi connectivity index (χ2v) is 8.05. The van der Waals surface area contributed by atoms with E-state index in [1.165, 1.54) is 4.57 Å². The molecule has 7 nitrogen and oxygen atoms in total. The van der Waals surface area contributed by atoms with E-state index in [9.17, 15) is 9.59 Å². The minimum Gasteiger partial charge on any atom is -0.333 e. The normalized spacial score (nSPS) is 10.8. The van der Waals surface area contributed by atoms with Gasteiger partial charge in [0.1, 0.15) is 12.1 Å². The number of nitrogens with one attached hydrogen (secondary N) is 1.